The minimum atomic E-state index is -3.18. The molecule has 0 spiro atoms. The molecule has 0 radical (unpaired) electrons. The second-order valence-electron chi connectivity index (χ2n) is 23.9. The Morgan fingerprint density at radius 3 is 1.45 bits per heavy atom. The number of ether oxygens (including phenoxy) is 6. The van der Waals surface area contributed by atoms with E-state index in [0.29, 0.717) is 120 Å². The van der Waals surface area contributed by atoms with Crippen LogP contribution in [0.4, 0.5) is 0 Å². The minimum Gasteiger partial charge on any atom is -0.496 e. The first-order valence-electron chi connectivity index (χ1n) is 30.4. The highest BCUT2D eigenvalue weighted by molar-refractivity contribution is 7.54. The molecule has 0 aromatic heterocycles. The van der Waals surface area contributed by atoms with Crippen LogP contribution in [0.2, 0.25) is 51.4 Å². The fraction of sp³-hybridized carbons (Fsp3) is 0.530. The largest absolute Gasteiger partial charge is 0.496 e. The average Bonchev–Trinajstić information content (AvgIpc) is 2.09. The van der Waals surface area contributed by atoms with Crippen LogP contribution in [0.1, 0.15) is 112 Å². The Kier molecular flexibility index (Phi) is 31.1. The van der Waals surface area contributed by atoms with Crippen molar-refractivity contribution in [2.24, 2.45) is 0 Å². The van der Waals surface area contributed by atoms with Gasteiger partial charge in [-0.25, -0.2) is 9.59 Å². The third-order valence-electron chi connectivity index (χ3n) is 14.4. The molecule has 87 heavy (non-hydrogen) atoms. The summed E-state index contributed by atoms with van der Waals surface area (Å²) in [6, 6.07) is 21.3. The number of allylic oxidation sites excluding steroid dienone is 2. The molecule has 0 saturated carbocycles. The van der Waals surface area contributed by atoms with Gasteiger partial charge < -0.3 is 51.8 Å². The van der Waals surface area contributed by atoms with Crippen LogP contribution in [0.15, 0.2) is 84.0 Å². The molecule has 2 aliphatic rings. The van der Waals surface area contributed by atoms with Crippen LogP contribution in [0.5, 0.6) is 23.0 Å². The van der Waals surface area contributed by atoms with Gasteiger partial charge in [0.25, 0.3) is 0 Å². The molecule has 0 aliphatic carbocycles. The van der Waals surface area contributed by atoms with E-state index in [2.05, 4.69) is 80.7 Å². The first-order valence-corrected chi connectivity index (χ1v) is 41.3. The molecule has 0 saturated heterocycles. The lowest BCUT2D eigenvalue weighted by Crippen LogP contribution is -2.29. The van der Waals surface area contributed by atoms with E-state index >= 15 is 0 Å². The highest BCUT2D eigenvalue weighted by Gasteiger charge is 2.35. The SMILES string of the molecule is CCOP(=O)(CCN(C/C(C)=C/Cc1c(OC)c(C)c2c(c1OCC[Si](C)(C)C)C(=O)OC2)Cc1ccccc1)OCC.CCOP(=O)(CCNC/C(C)=C/Cc1c(OC)c(C)c2c(c1OCC[Si](C)(C)C)C(=O)OC2)OCC.O=Cc1ccccc1. The molecule has 0 amide bonds. The number of carbonyl (C=O) groups is 3. The van der Waals surface area contributed by atoms with Crippen LogP contribution in [0.25, 0.3) is 0 Å². The zero-order chi connectivity index (χ0) is 64.4. The molecule has 4 aromatic rings. The van der Waals surface area contributed by atoms with Gasteiger partial charge in [-0.15, -0.1) is 0 Å². The standard InChI is InChI=1S/C33H50NO7PSi.C26H44NO7PSi.C7H6O/c1-9-40-42(36,41-10-2)20-18-34(23-27-14-12-11-13-15-27)22-25(3)16-17-28-31(37-5)26(4)29-24-39-33(35)30(29)32(28)38-19-21-43(6,7)8;1-9-33-35(29,34-10-2)15-13-27-17-19(3)11-12-21-24(30-5)20(4)22-18-32-26(28)23(22)25(21)31-14-16-36(6,7)8;8-6-7-4-2-1-3-5-7/h11-16H,9-10,17-24H2,1-8H3;11,27H,9-10,12-18H2,1-8H3;1-6H/b25-16+;19-11+;. The number of carbonyl (C=O) groups excluding carboxylic acids is 3. The van der Waals surface area contributed by atoms with E-state index in [1.54, 1.807) is 26.4 Å². The van der Waals surface area contributed by atoms with Crippen LogP contribution in [0, 0.1) is 13.8 Å². The number of hydrogen-bond donors (Lipinski definition) is 1. The summed E-state index contributed by atoms with van der Waals surface area (Å²) in [6.45, 7) is 35.2. The second-order valence-corrected chi connectivity index (χ2v) is 39.5. The van der Waals surface area contributed by atoms with Crippen molar-refractivity contribution < 1.29 is 70.0 Å². The zero-order valence-electron chi connectivity index (χ0n) is 54.9. The Morgan fingerprint density at radius 1 is 0.621 bits per heavy atom. The monoisotopic (exact) mass is 1280 g/mol. The predicted octanol–water partition coefficient (Wildman–Crippen LogP) is 14.9. The second kappa shape index (κ2) is 36.5. The number of nitrogens with one attached hydrogen (secondary N) is 1. The number of nitrogens with zero attached hydrogens (tertiary/aromatic N) is 1. The van der Waals surface area contributed by atoms with Crippen LogP contribution in [-0.2, 0) is 69.3 Å². The zero-order valence-corrected chi connectivity index (χ0v) is 58.7. The van der Waals surface area contributed by atoms with Gasteiger partial charge in [-0.05, 0) is 97.0 Å². The van der Waals surface area contributed by atoms with Gasteiger partial charge in [-0.1, -0.05) is 123 Å². The number of fused-ring (bicyclic) bond motifs is 2. The molecule has 0 fully saturated rings. The Morgan fingerprint density at radius 2 is 1.05 bits per heavy atom. The van der Waals surface area contributed by atoms with E-state index < -0.39 is 31.3 Å². The molecule has 2 aliphatic heterocycles. The summed E-state index contributed by atoms with van der Waals surface area (Å²) >= 11 is 0. The third kappa shape index (κ3) is 23.9. The van der Waals surface area contributed by atoms with E-state index in [9.17, 15) is 23.5 Å². The Bertz CT molecular complexity index is 3000. The lowest BCUT2D eigenvalue weighted by molar-refractivity contribution is 0.0522. The number of cyclic esters (lactones) is 2. The lowest BCUT2D eigenvalue weighted by Gasteiger charge is -2.25. The van der Waals surface area contributed by atoms with Crippen LogP contribution in [-0.4, -0.2) is 132 Å². The van der Waals surface area contributed by atoms with E-state index in [4.69, 9.17) is 46.5 Å². The van der Waals surface area contributed by atoms with Gasteiger partial charge in [0.2, 0.25) is 0 Å². The van der Waals surface area contributed by atoms with Crippen molar-refractivity contribution in [1.29, 1.82) is 0 Å². The van der Waals surface area contributed by atoms with Crippen molar-refractivity contribution in [1.82, 2.24) is 10.2 Å². The first kappa shape index (κ1) is 74.3. The molecule has 482 valence electrons. The Labute approximate surface area is 521 Å². The summed E-state index contributed by atoms with van der Waals surface area (Å²) in [5.74, 6) is 1.96. The number of rotatable bonds is 35. The topological polar surface area (TPSA) is 193 Å². The van der Waals surface area contributed by atoms with Gasteiger partial charge in [0, 0.05) is 76.7 Å². The first-order chi connectivity index (χ1) is 41.3. The van der Waals surface area contributed by atoms with Gasteiger partial charge in [-0.2, -0.15) is 0 Å². The van der Waals surface area contributed by atoms with Gasteiger partial charge in [0.05, 0.1) is 66.2 Å². The highest BCUT2D eigenvalue weighted by atomic mass is 31.2. The van der Waals surface area contributed by atoms with Gasteiger partial charge in [-0.3, -0.25) is 18.8 Å². The molecule has 0 atom stereocenters. The quantitative estimate of drug-likeness (QED) is 0.0114. The van der Waals surface area contributed by atoms with Crippen molar-refractivity contribution >= 4 is 49.6 Å². The average molecular weight is 1280 g/mol. The molecule has 4 aromatic carbocycles. The van der Waals surface area contributed by atoms with E-state index in [1.165, 1.54) is 5.56 Å². The van der Waals surface area contributed by atoms with Crippen LogP contribution >= 0.6 is 15.2 Å². The van der Waals surface area contributed by atoms with Crippen molar-refractivity contribution in [3.63, 3.8) is 0 Å². The number of methoxy groups -OCH3 is 2. The number of esters is 2. The van der Waals surface area contributed by atoms with Crippen molar-refractivity contribution in [2.75, 3.05) is 92.4 Å². The molecule has 21 heteroatoms. The Balaban J connectivity index is 0.000000333. The van der Waals surface area contributed by atoms with E-state index in [-0.39, 0.29) is 25.2 Å². The fourth-order valence-electron chi connectivity index (χ4n) is 9.77. The number of benzene rings is 4. The molecule has 17 nitrogen and oxygen atoms in total. The maximum atomic E-state index is 13.2. The number of aldehydes is 1. The molecule has 0 bridgehead atoms. The molecular formula is C66H100N2O15P2Si2. The van der Waals surface area contributed by atoms with Crippen molar-refractivity contribution in [2.45, 2.75) is 139 Å². The maximum Gasteiger partial charge on any atom is 0.342 e. The third-order valence-corrected chi connectivity index (χ3v) is 21.9. The van der Waals surface area contributed by atoms with Gasteiger partial charge in [0.15, 0.2) is 0 Å². The van der Waals surface area contributed by atoms with Crippen LogP contribution in [0.3, 0.4) is 0 Å². The lowest BCUT2D eigenvalue weighted by atomic mass is 9.94. The van der Waals surface area contributed by atoms with E-state index in [0.717, 1.165) is 80.0 Å². The van der Waals surface area contributed by atoms with Gasteiger partial charge in [0.1, 0.15) is 53.6 Å². The summed E-state index contributed by atoms with van der Waals surface area (Å²) in [7, 11) is -5.59. The summed E-state index contributed by atoms with van der Waals surface area (Å²) in [5.41, 5.74) is 10.4. The fourth-order valence-corrected chi connectivity index (χ4v) is 14.4. The van der Waals surface area contributed by atoms with Crippen molar-refractivity contribution in [3.8, 4) is 23.0 Å². The summed E-state index contributed by atoms with van der Waals surface area (Å²) in [6.07, 6.45) is 6.82. The number of hydrogen-bond acceptors (Lipinski definition) is 17. The molecule has 2 heterocycles. The molecule has 0 unspecified atom stereocenters. The van der Waals surface area contributed by atoms with Gasteiger partial charge >= 0.3 is 27.1 Å². The predicted molar refractivity (Wildman–Crippen MR) is 354 cm³/mol. The highest BCUT2D eigenvalue weighted by Crippen LogP contribution is 2.49. The Hall–Kier alpha value is -5.18. The smallest absolute Gasteiger partial charge is 0.342 e. The van der Waals surface area contributed by atoms with E-state index in [1.807, 2.05) is 84.9 Å². The molecule has 6 rings (SSSR count). The molecular weight excluding hydrogens is 1180 g/mol. The van der Waals surface area contributed by atoms with Crippen LogP contribution < -0.4 is 24.3 Å². The minimum absolute atomic E-state index is 0.234. The molecule has 1 N–H and O–H groups in total. The normalized spacial score (nSPS) is 13.4. The maximum absolute atomic E-state index is 13.2. The summed E-state index contributed by atoms with van der Waals surface area (Å²) < 4.78 is 82.8. The van der Waals surface area contributed by atoms with Crippen molar-refractivity contribution in [3.05, 3.63) is 140 Å². The summed E-state index contributed by atoms with van der Waals surface area (Å²) in [5, 5.41) is 3.32. The summed E-state index contributed by atoms with van der Waals surface area (Å²) in [4.78, 5) is 37.8.